The van der Waals surface area contributed by atoms with Crippen molar-refractivity contribution in [2.45, 2.75) is 43.2 Å². The second kappa shape index (κ2) is 5.07. The van der Waals surface area contributed by atoms with Gasteiger partial charge in [0, 0.05) is 16.6 Å². The fraction of sp³-hybridized carbons (Fsp3) is 0.500. The van der Waals surface area contributed by atoms with Crippen LogP contribution in [0.25, 0.3) is 0 Å². The van der Waals surface area contributed by atoms with E-state index in [-0.39, 0.29) is 10.9 Å². The summed E-state index contributed by atoms with van der Waals surface area (Å²) in [6.07, 6.45) is 1.80. The zero-order valence-electron chi connectivity index (χ0n) is 11.5. The van der Waals surface area contributed by atoms with Gasteiger partial charge in [-0.05, 0) is 59.8 Å². The molecule has 0 radical (unpaired) electrons. The second-order valence-corrected chi connectivity index (χ2v) is 8.41. The molecular formula is C14H16BrNO4S. The minimum Gasteiger partial charge on any atom is -0.481 e. The van der Waals surface area contributed by atoms with Gasteiger partial charge < -0.3 is 5.11 Å². The summed E-state index contributed by atoms with van der Waals surface area (Å²) in [4.78, 5) is 11.5. The third kappa shape index (κ3) is 2.31. The number of hydrogen-bond donors (Lipinski definition) is 1. The first-order valence-corrected chi connectivity index (χ1v) is 9.08. The van der Waals surface area contributed by atoms with E-state index in [1.807, 2.05) is 6.92 Å². The van der Waals surface area contributed by atoms with Crippen LogP contribution in [0.2, 0.25) is 0 Å². The number of fused-ring (bicyclic) bond motifs is 2. The molecule has 3 unspecified atom stereocenters. The maximum Gasteiger partial charge on any atom is 0.308 e. The van der Waals surface area contributed by atoms with Gasteiger partial charge in [-0.2, -0.15) is 4.31 Å². The monoisotopic (exact) mass is 373 g/mol. The molecule has 2 fully saturated rings. The highest BCUT2D eigenvalue weighted by molar-refractivity contribution is 9.10. The largest absolute Gasteiger partial charge is 0.481 e. The Morgan fingerprint density at radius 2 is 2.10 bits per heavy atom. The summed E-state index contributed by atoms with van der Waals surface area (Å²) in [5, 5.41) is 9.25. The lowest BCUT2D eigenvalue weighted by Gasteiger charge is -2.23. The molecule has 1 aromatic carbocycles. The maximum atomic E-state index is 12.9. The van der Waals surface area contributed by atoms with E-state index in [0.29, 0.717) is 17.3 Å². The lowest BCUT2D eigenvalue weighted by Crippen LogP contribution is -2.38. The van der Waals surface area contributed by atoms with E-state index in [4.69, 9.17) is 0 Å². The van der Waals surface area contributed by atoms with Crippen LogP contribution < -0.4 is 0 Å². The molecule has 0 amide bonds. The lowest BCUT2D eigenvalue weighted by molar-refractivity contribution is -0.142. The first-order valence-electron chi connectivity index (χ1n) is 6.85. The molecule has 0 aromatic heterocycles. The van der Waals surface area contributed by atoms with Crippen LogP contribution in [0.3, 0.4) is 0 Å². The van der Waals surface area contributed by atoms with Gasteiger partial charge in [0.15, 0.2) is 0 Å². The highest BCUT2D eigenvalue weighted by Gasteiger charge is 2.54. The minimum absolute atomic E-state index is 0.186. The van der Waals surface area contributed by atoms with Crippen LogP contribution in [0.15, 0.2) is 27.6 Å². The fourth-order valence-electron chi connectivity index (χ4n) is 3.51. The Morgan fingerprint density at radius 1 is 1.38 bits per heavy atom. The lowest BCUT2D eigenvalue weighted by atomic mass is 9.89. The van der Waals surface area contributed by atoms with Crippen LogP contribution in [-0.2, 0) is 14.8 Å². The van der Waals surface area contributed by atoms with Gasteiger partial charge in [-0.15, -0.1) is 0 Å². The number of carbonyl (C=O) groups is 1. The van der Waals surface area contributed by atoms with E-state index in [9.17, 15) is 18.3 Å². The summed E-state index contributed by atoms with van der Waals surface area (Å²) in [5.74, 6) is -1.48. The van der Waals surface area contributed by atoms with Crippen molar-refractivity contribution >= 4 is 31.9 Å². The van der Waals surface area contributed by atoms with E-state index < -0.39 is 28.0 Å². The molecule has 21 heavy (non-hydrogen) atoms. The number of benzene rings is 1. The highest BCUT2D eigenvalue weighted by atomic mass is 79.9. The standard InChI is InChI=1S/C14H16BrNO4S/c1-8-2-5-13(11(15)6-8)21(19,20)16-9-3-4-12(16)10(7-9)14(17)18/h2,5-6,9-10,12H,3-4,7H2,1H3,(H,17,18). The van der Waals surface area contributed by atoms with Crippen molar-refractivity contribution in [2.24, 2.45) is 5.92 Å². The van der Waals surface area contributed by atoms with E-state index in [1.165, 1.54) is 4.31 Å². The Kier molecular flexibility index (Phi) is 3.62. The Hall–Kier alpha value is -0.920. The van der Waals surface area contributed by atoms with Gasteiger partial charge in [0.2, 0.25) is 10.0 Å². The number of hydrogen-bond acceptors (Lipinski definition) is 3. The summed E-state index contributed by atoms with van der Waals surface area (Å²) >= 11 is 3.31. The summed E-state index contributed by atoms with van der Waals surface area (Å²) in [6, 6.07) is 4.51. The number of sulfonamides is 1. The van der Waals surface area contributed by atoms with Crippen LogP contribution >= 0.6 is 15.9 Å². The zero-order valence-corrected chi connectivity index (χ0v) is 13.9. The molecule has 114 valence electrons. The van der Waals surface area contributed by atoms with Crippen molar-refractivity contribution in [3.8, 4) is 0 Å². The number of carboxylic acid groups (broad SMARTS) is 1. The molecule has 5 nitrogen and oxygen atoms in total. The molecule has 7 heteroatoms. The summed E-state index contributed by atoms with van der Waals surface area (Å²) in [5.41, 5.74) is 0.966. The Balaban J connectivity index is 2.02. The maximum absolute atomic E-state index is 12.9. The minimum atomic E-state index is -3.67. The van der Waals surface area contributed by atoms with Crippen molar-refractivity contribution in [2.75, 3.05) is 0 Å². The van der Waals surface area contributed by atoms with Gasteiger partial charge in [-0.25, -0.2) is 8.42 Å². The average Bonchev–Trinajstić information content (AvgIpc) is 2.96. The number of rotatable bonds is 3. The molecular weight excluding hydrogens is 358 g/mol. The number of nitrogens with zero attached hydrogens (tertiary/aromatic N) is 1. The summed E-state index contributed by atoms with van der Waals surface area (Å²) < 4.78 is 27.8. The summed E-state index contributed by atoms with van der Waals surface area (Å²) in [6.45, 7) is 1.89. The topological polar surface area (TPSA) is 74.7 Å². The molecule has 1 N–H and O–H groups in total. The third-order valence-electron chi connectivity index (χ3n) is 4.43. The molecule has 2 aliphatic rings. The normalized spacial score (nSPS) is 29.0. The highest BCUT2D eigenvalue weighted by Crippen LogP contribution is 2.45. The zero-order chi connectivity index (χ0) is 15.4. The van der Waals surface area contributed by atoms with Crippen LogP contribution in [0.5, 0.6) is 0 Å². The van der Waals surface area contributed by atoms with Crippen molar-refractivity contribution in [1.82, 2.24) is 4.31 Å². The SMILES string of the molecule is Cc1ccc(S(=O)(=O)N2C3CCC2C(C(=O)O)C3)c(Br)c1. The molecule has 2 bridgehead atoms. The number of aryl methyl sites for hydroxylation is 1. The smallest absolute Gasteiger partial charge is 0.308 e. The molecule has 0 spiro atoms. The number of carboxylic acids is 1. The van der Waals surface area contributed by atoms with Gasteiger partial charge in [0.25, 0.3) is 0 Å². The van der Waals surface area contributed by atoms with Gasteiger partial charge in [-0.3, -0.25) is 4.79 Å². The van der Waals surface area contributed by atoms with E-state index in [1.54, 1.807) is 18.2 Å². The molecule has 3 rings (SSSR count). The van der Waals surface area contributed by atoms with Crippen LogP contribution in [0.1, 0.15) is 24.8 Å². The van der Waals surface area contributed by atoms with E-state index in [2.05, 4.69) is 15.9 Å². The average molecular weight is 374 g/mol. The van der Waals surface area contributed by atoms with Crippen LogP contribution in [-0.4, -0.2) is 35.9 Å². The molecule has 2 heterocycles. The Labute approximate surface area is 132 Å². The number of aliphatic carboxylic acids is 1. The molecule has 1 aromatic rings. The third-order valence-corrected chi connectivity index (χ3v) is 7.39. The first-order chi connectivity index (χ1) is 9.82. The van der Waals surface area contributed by atoms with Crippen molar-refractivity contribution in [3.63, 3.8) is 0 Å². The first kappa shape index (κ1) is 15.0. The molecule has 2 saturated heterocycles. The van der Waals surface area contributed by atoms with Crippen LogP contribution in [0, 0.1) is 12.8 Å². The van der Waals surface area contributed by atoms with Crippen LogP contribution in [0.4, 0.5) is 0 Å². The summed E-state index contributed by atoms with van der Waals surface area (Å²) in [7, 11) is -3.67. The van der Waals surface area contributed by atoms with Crippen molar-refractivity contribution in [3.05, 3.63) is 28.2 Å². The van der Waals surface area contributed by atoms with Gasteiger partial charge >= 0.3 is 5.97 Å². The molecule has 2 aliphatic heterocycles. The van der Waals surface area contributed by atoms with E-state index in [0.717, 1.165) is 12.0 Å². The molecule has 0 aliphatic carbocycles. The number of halogens is 1. The van der Waals surface area contributed by atoms with Crippen molar-refractivity contribution in [1.29, 1.82) is 0 Å². The Bertz CT molecular complexity index is 703. The predicted molar refractivity (Wildman–Crippen MR) is 80.5 cm³/mol. The van der Waals surface area contributed by atoms with E-state index >= 15 is 0 Å². The fourth-order valence-corrected chi connectivity index (χ4v) is 6.58. The molecule has 3 atom stereocenters. The van der Waals surface area contributed by atoms with Crippen molar-refractivity contribution < 1.29 is 18.3 Å². The molecule has 0 saturated carbocycles. The van der Waals surface area contributed by atoms with Gasteiger partial charge in [-0.1, -0.05) is 6.07 Å². The second-order valence-electron chi connectivity index (χ2n) is 5.75. The Morgan fingerprint density at radius 3 is 2.67 bits per heavy atom. The van der Waals surface area contributed by atoms with Gasteiger partial charge in [0.1, 0.15) is 0 Å². The predicted octanol–water partition coefficient (Wildman–Crippen LogP) is 2.38. The van der Waals surface area contributed by atoms with Gasteiger partial charge in [0.05, 0.1) is 10.8 Å². The quantitative estimate of drug-likeness (QED) is 0.882.